The van der Waals surface area contributed by atoms with E-state index in [1.807, 2.05) is 18.2 Å². The number of ether oxygens (including phenoxy) is 3. The van der Waals surface area contributed by atoms with Crippen molar-refractivity contribution in [1.82, 2.24) is 5.32 Å². The van der Waals surface area contributed by atoms with E-state index >= 15 is 0 Å². The van der Waals surface area contributed by atoms with E-state index in [2.05, 4.69) is 21.2 Å². The number of methoxy groups -OCH3 is 1. The lowest BCUT2D eigenvalue weighted by Crippen LogP contribution is -2.31. The van der Waals surface area contributed by atoms with Crippen molar-refractivity contribution < 1.29 is 23.4 Å². The van der Waals surface area contributed by atoms with Crippen LogP contribution in [0.1, 0.15) is 5.76 Å². The van der Waals surface area contributed by atoms with Gasteiger partial charge in [-0.3, -0.25) is 9.59 Å². The molecule has 0 aliphatic carbocycles. The van der Waals surface area contributed by atoms with Gasteiger partial charge in [0.15, 0.2) is 6.61 Å². The maximum Gasteiger partial charge on any atom is 0.258 e. The van der Waals surface area contributed by atoms with Crippen LogP contribution in [0.3, 0.4) is 0 Å². The monoisotopic (exact) mass is 461 g/mol. The molecule has 0 bridgehead atoms. The van der Waals surface area contributed by atoms with Crippen LogP contribution in [0.4, 0.5) is 0 Å². The number of para-hydroxylation sites is 1. The number of carbonyl (C=O) groups excluding carboxylic acids is 1. The van der Waals surface area contributed by atoms with Crippen LogP contribution in [0, 0.1) is 6.92 Å². The molecule has 29 heavy (non-hydrogen) atoms. The zero-order chi connectivity index (χ0) is 20.8. The van der Waals surface area contributed by atoms with Gasteiger partial charge in [-0.25, -0.2) is 0 Å². The molecule has 0 saturated carbocycles. The Morgan fingerprint density at radius 3 is 2.76 bits per heavy atom. The molecule has 3 aromatic rings. The van der Waals surface area contributed by atoms with Crippen LogP contribution in [0.15, 0.2) is 56.1 Å². The highest BCUT2D eigenvalue weighted by atomic mass is 79.9. The zero-order valence-corrected chi connectivity index (χ0v) is 17.6. The van der Waals surface area contributed by atoms with Crippen molar-refractivity contribution in [3.05, 3.63) is 62.9 Å². The Morgan fingerprint density at radius 2 is 2.00 bits per heavy atom. The van der Waals surface area contributed by atoms with E-state index in [0.29, 0.717) is 41.4 Å². The van der Waals surface area contributed by atoms with Gasteiger partial charge in [0.1, 0.15) is 22.8 Å². The van der Waals surface area contributed by atoms with Crippen molar-refractivity contribution in [1.29, 1.82) is 0 Å². The molecule has 3 rings (SSSR count). The molecule has 1 N–H and O–H groups in total. The first-order valence-electron chi connectivity index (χ1n) is 8.88. The lowest BCUT2D eigenvalue weighted by Gasteiger charge is -2.11. The number of hydrogen-bond donors (Lipinski definition) is 1. The molecule has 0 unspecified atom stereocenters. The average molecular weight is 462 g/mol. The van der Waals surface area contributed by atoms with Crippen LogP contribution < -0.4 is 20.2 Å². The quantitative estimate of drug-likeness (QED) is 0.513. The van der Waals surface area contributed by atoms with E-state index in [4.69, 9.17) is 18.6 Å². The average Bonchev–Trinajstić information content (AvgIpc) is 2.71. The molecule has 0 aliphatic heterocycles. The zero-order valence-electron chi connectivity index (χ0n) is 16.0. The molecule has 1 aromatic heterocycles. The van der Waals surface area contributed by atoms with E-state index in [9.17, 15) is 9.59 Å². The first kappa shape index (κ1) is 20.9. The Kier molecular flexibility index (Phi) is 6.90. The summed E-state index contributed by atoms with van der Waals surface area (Å²) in [5, 5.41) is 3.02. The normalized spacial score (nSPS) is 10.7. The molecule has 152 valence electrons. The van der Waals surface area contributed by atoms with E-state index in [-0.39, 0.29) is 23.7 Å². The summed E-state index contributed by atoms with van der Waals surface area (Å²) in [4.78, 5) is 24.6. The number of fused-ring (bicyclic) bond motifs is 1. The van der Waals surface area contributed by atoms with Gasteiger partial charge in [0.25, 0.3) is 5.91 Å². The topological polar surface area (TPSA) is 87.0 Å². The molecule has 0 atom stereocenters. The van der Waals surface area contributed by atoms with Gasteiger partial charge in [0, 0.05) is 19.7 Å². The van der Waals surface area contributed by atoms with Gasteiger partial charge in [-0.05, 0) is 47.1 Å². The van der Waals surface area contributed by atoms with Crippen molar-refractivity contribution in [2.24, 2.45) is 0 Å². The van der Waals surface area contributed by atoms with Crippen molar-refractivity contribution >= 4 is 32.8 Å². The number of amides is 1. The Balaban J connectivity index is 1.79. The van der Waals surface area contributed by atoms with E-state index in [1.54, 1.807) is 38.3 Å². The summed E-state index contributed by atoms with van der Waals surface area (Å²) in [6.45, 7) is 2.34. The van der Waals surface area contributed by atoms with Crippen molar-refractivity contribution in [3.8, 4) is 17.2 Å². The third kappa shape index (κ3) is 5.16. The highest BCUT2D eigenvalue weighted by Gasteiger charge is 2.16. The SMILES string of the molecule is COCCNC(=O)COc1ccc2c(=O)c(Oc3ccccc3Br)c(C)oc2c1. The molecule has 7 nitrogen and oxygen atoms in total. The molecule has 0 saturated heterocycles. The van der Waals surface area contributed by atoms with Crippen LogP contribution in [0.2, 0.25) is 0 Å². The van der Waals surface area contributed by atoms with Gasteiger partial charge in [-0.15, -0.1) is 0 Å². The standard InChI is InChI=1S/C21H20BrNO6/c1-13-21(29-17-6-4-3-5-16(17)22)20(25)15-8-7-14(11-18(15)28-13)27-12-19(24)23-9-10-26-2/h3-8,11H,9-10,12H2,1-2H3,(H,23,24). The van der Waals surface area contributed by atoms with Crippen LogP contribution in [-0.4, -0.2) is 32.8 Å². The summed E-state index contributed by atoms with van der Waals surface area (Å²) in [5.41, 5.74) is 0.0626. The summed E-state index contributed by atoms with van der Waals surface area (Å²) in [5.74, 6) is 1.13. The van der Waals surface area contributed by atoms with Gasteiger partial charge in [0.2, 0.25) is 11.2 Å². The maximum absolute atomic E-state index is 12.9. The first-order chi connectivity index (χ1) is 14.0. The second kappa shape index (κ2) is 9.58. The summed E-state index contributed by atoms with van der Waals surface area (Å²) in [6.07, 6.45) is 0. The predicted molar refractivity (Wildman–Crippen MR) is 112 cm³/mol. The van der Waals surface area contributed by atoms with Gasteiger partial charge < -0.3 is 23.9 Å². The van der Waals surface area contributed by atoms with E-state index < -0.39 is 0 Å². The minimum absolute atomic E-state index is 0.121. The van der Waals surface area contributed by atoms with Crippen LogP contribution >= 0.6 is 15.9 Å². The Labute approximate surface area is 175 Å². The molecule has 2 aromatic carbocycles. The Hall–Kier alpha value is -2.84. The minimum atomic E-state index is -0.289. The fourth-order valence-electron chi connectivity index (χ4n) is 2.61. The molecular weight excluding hydrogens is 442 g/mol. The van der Waals surface area contributed by atoms with Gasteiger partial charge in [0.05, 0.1) is 16.5 Å². The van der Waals surface area contributed by atoms with Gasteiger partial charge in [-0.1, -0.05) is 12.1 Å². The van der Waals surface area contributed by atoms with E-state index in [0.717, 1.165) is 4.47 Å². The van der Waals surface area contributed by atoms with Gasteiger partial charge in [-0.2, -0.15) is 0 Å². The number of rotatable bonds is 8. The fraction of sp³-hybridized carbons (Fsp3) is 0.238. The molecule has 1 amide bonds. The van der Waals surface area contributed by atoms with Crippen molar-refractivity contribution in [2.75, 3.05) is 26.9 Å². The lowest BCUT2D eigenvalue weighted by molar-refractivity contribution is -0.123. The number of benzene rings is 2. The van der Waals surface area contributed by atoms with E-state index in [1.165, 1.54) is 0 Å². The number of halogens is 1. The maximum atomic E-state index is 12.9. The molecule has 0 aliphatic rings. The van der Waals surface area contributed by atoms with Gasteiger partial charge >= 0.3 is 0 Å². The second-order valence-electron chi connectivity index (χ2n) is 6.14. The Bertz CT molecular complexity index is 1080. The van der Waals surface area contributed by atoms with Crippen LogP contribution in [0.5, 0.6) is 17.2 Å². The highest BCUT2D eigenvalue weighted by Crippen LogP contribution is 2.31. The van der Waals surface area contributed by atoms with Crippen LogP contribution in [0.25, 0.3) is 11.0 Å². The largest absolute Gasteiger partial charge is 0.484 e. The molecular formula is C21H20BrNO6. The lowest BCUT2D eigenvalue weighted by atomic mass is 10.2. The first-order valence-corrected chi connectivity index (χ1v) is 9.67. The third-order valence-corrected chi connectivity index (χ3v) is 4.69. The number of hydrogen-bond acceptors (Lipinski definition) is 6. The summed E-state index contributed by atoms with van der Waals surface area (Å²) in [6, 6.07) is 12.0. The fourth-order valence-corrected chi connectivity index (χ4v) is 2.97. The smallest absolute Gasteiger partial charge is 0.258 e. The summed E-state index contributed by atoms with van der Waals surface area (Å²) >= 11 is 3.40. The van der Waals surface area contributed by atoms with Crippen molar-refractivity contribution in [2.45, 2.75) is 6.92 Å². The molecule has 0 radical (unpaired) electrons. The van der Waals surface area contributed by atoms with Crippen LogP contribution in [-0.2, 0) is 9.53 Å². The van der Waals surface area contributed by atoms with Crippen molar-refractivity contribution in [3.63, 3.8) is 0 Å². The second-order valence-corrected chi connectivity index (χ2v) is 6.99. The summed E-state index contributed by atoms with van der Waals surface area (Å²) in [7, 11) is 1.56. The predicted octanol–water partition coefficient (Wildman–Crippen LogP) is 3.80. The minimum Gasteiger partial charge on any atom is -0.484 e. The number of carbonyl (C=O) groups is 1. The number of aryl methyl sites for hydroxylation is 1. The molecule has 1 heterocycles. The third-order valence-electron chi connectivity index (χ3n) is 4.03. The molecule has 0 spiro atoms. The molecule has 8 heteroatoms. The number of nitrogens with one attached hydrogen (secondary N) is 1. The highest BCUT2D eigenvalue weighted by molar-refractivity contribution is 9.10. The summed E-state index contributed by atoms with van der Waals surface area (Å²) < 4.78 is 22.6. The molecule has 0 fully saturated rings. The Morgan fingerprint density at radius 1 is 1.21 bits per heavy atom.